The van der Waals surface area contributed by atoms with Crippen LogP contribution in [0.25, 0.3) is 0 Å². The molecule has 0 heterocycles. The molecule has 1 atom stereocenters. The second-order valence-electron chi connectivity index (χ2n) is 5.97. The van der Waals surface area contributed by atoms with E-state index >= 15 is 0 Å². The zero-order valence-electron chi connectivity index (χ0n) is 12.4. The molecule has 2 amide bonds. The van der Waals surface area contributed by atoms with Crippen LogP contribution in [0.2, 0.25) is 0 Å². The molecule has 1 fully saturated rings. The highest BCUT2D eigenvalue weighted by Gasteiger charge is 2.32. The Kier molecular flexibility index (Phi) is 5.63. The van der Waals surface area contributed by atoms with Crippen LogP contribution in [0.5, 0.6) is 0 Å². The molecular formula is C14H26N2O3. The van der Waals surface area contributed by atoms with E-state index in [2.05, 4.69) is 22.3 Å². The molecule has 1 aliphatic rings. The summed E-state index contributed by atoms with van der Waals surface area (Å²) < 4.78 is 4.57. The third-order valence-electron chi connectivity index (χ3n) is 3.79. The number of carbonyl (C=O) groups is 2. The summed E-state index contributed by atoms with van der Waals surface area (Å²) in [5, 5.41) is 5.70. The smallest absolute Gasteiger partial charge is 0.407 e. The summed E-state index contributed by atoms with van der Waals surface area (Å²) in [6, 6.07) is -0.550. The first-order chi connectivity index (χ1) is 8.88. The molecule has 0 radical (unpaired) electrons. The van der Waals surface area contributed by atoms with Crippen LogP contribution in [0.1, 0.15) is 52.9 Å². The summed E-state index contributed by atoms with van der Waals surface area (Å²) in [5.41, 5.74) is -0.139. The predicted molar refractivity (Wildman–Crippen MR) is 73.8 cm³/mol. The molecule has 0 aromatic carbocycles. The van der Waals surface area contributed by atoms with Gasteiger partial charge in [-0.2, -0.15) is 0 Å². The normalized spacial score (nSPS) is 19.6. The van der Waals surface area contributed by atoms with Gasteiger partial charge in [0.15, 0.2) is 0 Å². The molecule has 0 bridgehead atoms. The van der Waals surface area contributed by atoms with Crippen LogP contribution in [-0.2, 0) is 9.53 Å². The van der Waals surface area contributed by atoms with Crippen molar-refractivity contribution in [1.82, 2.24) is 10.6 Å². The minimum Gasteiger partial charge on any atom is -0.453 e. The van der Waals surface area contributed by atoms with Gasteiger partial charge in [0.2, 0.25) is 5.91 Å². The molecule has 0 aromatic rings. The Morgan fingerprint density at radius 1 is 1.16 bits per heavy atom. The molecular weight excluding hydrogens is 244 g/mol. The van der Waals surface area contributed by atoms with Crippen molar-refractivity contribution >= 4 is 12.0 Å². The molecule has 2 N–H and O–H groups in total. The summed E-state index contributed by atoms with van der Waals surface area (Å²) in [6.07, 6.45) is 4.96. The summed E-state index contributed by atoms with van der Waals surface area (Å²) in [6.45, 7) is 5.90. The van der Waals surface area contributed by atoms with Crippen molar-refractivity contribution in [3.63, 3.8) is 0 Å². The number of carbonyl (C=O) groups excluding carboxylic acids is 2. The third-order valence-corrected chi connectivity index (χ3v) is 3.79. The molecule has 0 saturated heterocycles. The molecule has 5 heteroatoms. The number of alkyl carbamates (subject to hydrolysis) is 1. The Bertz CT molecular complexity index is 323. The molecule has 1 aliphatic carbocycles. The first kappa shape index (κ1) is 15.8. The van der Waals surface area contributed by atoms with E-state index in [-0.39, 0.29) is 17.4 Å². The van der Waals surface area contributed by atoms with Gasteiger partial charge in [-0.3, -0.25) is 4.79 Å². The van der Waals surface area contributed by atoms with E-state index in [0.29, 0.717) is 0 Å². The second kappa shape index (κ2) is 6.78. The summed E-state index contributed by atoms with van der Waals surface area (Å²) in [5.74, 6) is -0.101. The SMILES string of the molecule is COC(=O)N[C@H](C(=O)NC1(C)CCCCC1)C(C)C. The molecule has 19 heavy (non-hydrogen) atoms. The van der Waals surface area contributed by atoms with Crippen LogP contribution in [-0.4, -0.2) is 30.7 Å². The number of amides is 2. The van der Waals surface area contributed by atoms with Crippen molar-refractivity contribution in [2.24, 2.45) is 5.92 Å². The van der Waals surface area contributed by atoms with E-state index < -0.39 is 12.1 Å². The van der Waals surface area contributed by atoms with Crippen molar-refractivity contribution in [1.29, 1.82) is 0 Å². The summed E-state index contributed by atoms with van der Waals surface area (Å²) in [7, 11) is 1.30. The van der Waals surface area contributed by atoms with Crippen molar-refractivity contribution in [2.75, 3.05) is 7.11 Å². The van der Waals surface area contributed by atoms with Crippen LogP contribution in [0, 0.1) is 5.92 Å². The molecule has 0 spiro atoms. The molecule has 0 aromatic heterocycles. The number of hydrogen-bond acceptors (Lipinski definition) is 3. The minimum atomic E-state index is -0.567. The fraction of sp³-hybridized carbons (Fsp3) is 0.857. The molecule has 110 valence electrons. The maximum Gasteiger partial charge on any atom is 0.407 e. The lowest BCUT2D eigenvalue weighted by Gasteiger charge is -2.36. The Morgan fingerprint density at radius 2 is 1.74 bits per heavy atom. The Labute approximate surface area is 115 Å². The van der Waals surface area contributed by atoms with E-state index in [4.69, 9.17) is 0 Å². The number of ether oxygens (including phenoxy) is 1. The molecule has 5 nitrogen and oxygen atoms in total. The van der Waals surface area contributed by atoms with Gasteiger partial charge in [0.25, 0.3) is 0 Å². The Balaban J connectivity index is 2.63. The van der Waals surface area contributed by atoms with E-state index in [1.165, 1.54) is 13.5 Å². The lowest BCUT2D eigenvalue weighted by atomic mass is 9.83. The lowest BCUT2D eigenvalue weighted by molar-refractivity contribution is -0.126. The van der Waals surface area contributed by atoms with Crippen molar-refractivity contribution in [3.05, 3.63) is 0 Å². The number of rotatable bonds is 4. The van der Waals surface area contributed by atoms with E-state index in [1.54, 1.807) is 0 Å². The monoisotopic (exact) mass is 270 g/mol. The highest BCUT2D eigenvalue weighted by Crippen LogP contribution is 2.27. The fourth-order valence-corrected chi connectivity index (χ4v) is 2.55. The number of hydrogen-bond donors (Lipinski definition) is 2. The van der Waals surface area contributed by atoms with Crippen molar-refractivity contribution in [2.45, 2.75) is 64.5 Å². The summed E-state index contributed by atoms with van der Waals surface area (Å²) in [4.78, 5) is 23.6. The number of nitrogens with one attached hydrogen (secondary N) is 2. The first-order valence-corrected chi connectivity index (χ1v) is 7.04. The van der Waals surface area contributed by atoms with E-state index in [9.17, 15) is 9.59 Å². The minimum absolute atomic E-state index is 0.0197. The topological polar surface area (TPSA) is 67.4 Å². The highest BCUT2D eigenvalue weighted by atomic mass is 16.5. The zero-order chi connectivity index (χ0) is 14.5. The van der Waals surface area contributed by atoms with Crippen LogP contribution < -0.4 is 10.6 Å². The van der Waals surface area contributed by atoms with Gasteiger partial charge in [-0.1, -0.05) is 33.1 Å². The average Bonchev–Trinajstić information content (AvgIpc) is 2.35. The second-order valence-corrected chi connectivity index (χ2v) is 5.97. The van der Waals surface area contributed by atoms with E-state index in [0.717, 1.165) is 25.7 Å². The van der Waals surface area contributed by atoms with Crippen LogP contribution in [0.3, 0.4) is 0 Å². The van der Waals surface area contributed by atoms with E-state index in [1.807, 2.05) is 13.8 Å². The van der Waals surface area contributed by atoms with Crippen LogP contribution in [0.4, 0.5) is 4.79 Å². The maximum atomic E-state index is 12.3. The van der Waals surface area contributed by atoms with Crippen molar-refractivity contribution < 1.29 is 14.3 Å². The highest BCUT2D eigenvalue weighted by molar-refractivity contribution is 5.86. The predicted octanol–water partition coefficient (Wildman–Crippen LogP) is 2.21. The van der Waals surface area contributed by atoms with Gasteiger partial charge < -0.3 is 15.4 Å². The standard InChI is InChI=1S/C14H26N2O3/c1-10(2)11(15-13(18)19-4)12(17)16-14(3)8-6-5-7-9-14/h10-11H,5-9H2,1-4H3,(H,15,18)(H,16,17)/t11-/m0/s1. The van der Waals surface area contributed by atoms with Gasteiger partial charge >= 0.3 is 6.09 Å². The number of methoxy groups -OCH3 is 1. The third kappa shape index (κ3) is 4.73. The Hall–Kier alpha value is -1.26. The maximum absolute atomic E-state index is 12.3. The molecule has 1 rings (SSSR count). The lowest BCUT2D eigenvalue weighted by Crippen LogP contribution is -2.56. The van der Waals surface area contributed by atoms with Crippen LogP contribution in [0.15, 0.2) is 0 Å². The Morgan fingerprint density at radius 3 is 2.21 bits per heavy atom. The summed E-state index contributed by atoms with van der Waals surface area (Å²) >= 11 is 0. The molecule has 1 saturated carbocycles. The van der Waals surface area contributed by atoms with Gasteiger partial charge in [-0.15, -0.1) is 0 Å². The van der Waals surface area contributed by atoms with Gasteiger partial charge in [-0.25, -0.2) is 4.79 Å². The van der Waals surface area contributed by atoms with Gasteiger partial charge in [0.1, 0.15) is 6.04 Å². The molecule has 0 unspecified atom stereocenters. The van der Waals surface area contributed by atoms with Gasteiger partial charge in [-0.05, 0) is 25.7 Å². The van der Waals surface area contributed by atoms with Crippen molar-refractivity contribution in [3.8, 4) is 0 Å². The zero-order valence-corrected chi connectivity index (χ0v) is 12.4. The molecule has 0 aliphatic heterocycles. The largest absolute Gasteiger partial charge is 0.453 e. The average molecular weight is 270 g/mol. The van der Waals surface area contributed by atoms with Gasteiger partial charge in [0.05, 0.1) is 7.11 Å². The fourth-order valence-electron chi connectivity index (χ4n) is 2.55. The van der Waals surface area contributed by atoms with Gasteiger partial charge in [0, 0.05) is 5.54 Å². The first-order valence-electron chi connectivity index (χ1n) is 7.04. The van der Waals surface area contributed by atoms with Crippen LogP contribution >= 0.6 is 0 Å². The quantitative estimate of drug-likeness (QED) is 0.823.